The number of rotatable bonds is 4. The largest absolute Gasteiger partial charge is 0.337 e. The highest BCUT2D eigenvalue weighted by Gasteiger charge is 2.18. The highest BCUT2D eigenvalue weighted by molar-refractivity contribution is 7.89. The number of imidazole rings is 1. The van der Waals surface area contributed by atoms with E-state index >= 15 is 0 Å². The van der Waals surface area contributed by atoms with Crippen molar-refractivity contribution in [3.63, 3.8) is 0 Å². The van der Waals surface area contributed by atoms with Crippen molar-refractivity contribution < 1.29 is 8.42 Å². The van der Waals surface area contributed by atoms with E-state index in [2.05, 4.69) is 24.9 Å². The summed E-state index contributed by atoms with van der Waals surface area (Å²) in [6, 6.07) is 0. The smallest absolute Gasteiger partial charge is 0.259 e. The molecule has 0 unspecified atom stereocenters. The third kappa shape index (κ3) is 2.50. The number of H-pyrrole nitrogens is 1. The van der Waals surface area contributed by atoms with Crippen molar-refractivity contribution in [2.75, 3.05) is 0 Å². The number of sulfonamides is 1. The number of aromatic amines is 1. The predicted octanol–water partition coefficient (Wildman–Crippen LogP) is -0.675. The lowest BCUT2D eigenvalue weighted by Crippen LogP contribution is -2.24. The summed E-state index contributed by atoms with van der Waals surface area (Å²) in [5, 5.41) is 6.18. The van der Waals surface area contributed by atoms with Gasteiger partial charge in [-0.25, -0.2) is 23.1 Å². The molecular weight excluding hydrogens is 244 g/mol. The van der Waals surface area contributed by atoms with Gasteiger partial charge < -0.3 is 4.57 Å². The fraction of sp³-hybridized carbons (Fsp3) is 0.375. The first kappa shape index (κ1) is 11.7. The first-order valence-electron chi connectivity index (χ1n) is 4.83. The fourth-order valence-corrected chi connectivity index (χ4v) is 2.23. The summed E-state index contributed by atoms with van der Waals surface area (Å²) in [6.07, 6.45) is 2.77. The maximum Gasteiger partial charge on any atom is 0.259 e. The zero-order chi connectivity index (χ0) is 12.5. The average Bonchev–Trinajstić information content (AvgIpc) is 2.87. The molecule has 0 radical (unpaired) electrons. The summed E-state index contributed by atoms with van der Waals surface area (Å²) in [5.74, 6) is 1.08. The molecule has 2 heterocycles. The van der Waals surface area contributed by atoms with Crippen molar-refractivity contribution in [1.82, 2.24) is 29.5 Å². The zero-order valence-corrected chi connectivity index (χ0v) is 10.2. The molecular formula is C8H12N6O2S. The number of hydrogen-bond donors (Lipinski definition) is 2. The van der Waals surface area contributed by atoms with E-state index < -0.39 is 10.0 Å². The van der Waals surface area contributed by atoms with E-state index in [1.165, 1.54) is 12.5 Å². The monoisotopic (exact) mass is 256 g/mol. The Kier molecular flexibility index (Phi) is 2.94. The first-order valence-corrected chi connectivity index (χ1v) is 6.31. The Bertz CT molecular complexity index is 581. The topological polar surface area (TPSA) is 106 Å². The second-order valence-corrected chi connectivity index (χ2v) is 5.21. The lowest BCUT2D eigenvalue weighted by Gasteiger charge is -2.00. The van der Waals surface area contributed by atoms with Gasteiger partial charge in [-0.15, -0.1) is 0 Å². The van der Waals surface area contributed by atoms with Crippen molar-refractivity contribution >= 4 is 10.0 Å². The van der Waals surface area contributed by atoms with E-state index in [0.29, 0.717) is 11.6 Å². The lowest BCUT2D eigenvalue weighted by molar-refractivity contribution is 0.576. The molecule has 0 spiro atoms. The molecule has 0 saturated carbocycles. The molecule has 0 amide bonds. The molecule has 0 aliphatic heterocycles. The first-order chi connectivity index (χ1) is 7.99. The number of aryl methyl sites for hydroxylation is 2. The van der Waals surface area contributed by atoms with E-state index in [4.69, 9.17) is 0 Å². The molecule has 9 heteroatoms. The maximum absolute atomic E-state index is 11.8. The van der Waals surface area contributed by atoms with Crippen LogP contribution < -0.4 is 4.72 Å². The SMILES string of the molecule is Cc1nc(S(=O)(=O)NCc2ncn[nH]2)cn1C. The predicted molar refractivity (Wildman–Crippen MR) is 58.4 cm³/mol. The van der Waals surface area contributed by atoms with E-state index in [9.17, 15) is 8.42 Å². The maximum atomic E-state index is 11.8. The minimum atomic E-state index is -3.61. The molecule has 2 N–H and O–H groups in total. The van der Waals surface area contributed by atoms with Crippen LogP contribution in [0.3, 0.4) is 0 Å². The van der Waals surface area contributed by atoms with Crippen molar-refractivity contribution in [2.45, 2.75) is 18.5 Å². The summed E-state index contributed by atoms with van der Waals surface area (Å²) in [7, 11) is -1.87. The molecule has 0 bridgehead atoms. The third-order valence-electron chi connectivity index (χ3n) is 2.26. The van der Waals surface area contributed by atoms with Gasteiger partial charge >= 0.3 is 0 Å². The average molecular weight is 256 g/mol. The van der Waals surface area contributed by atoms with E-state index in [0.717, 1.165) is 0 Å². The van der Waals surface area contributed by atoms with Gasteiger partial charge in [0.1, 0.15) is 18.0 Å². The van der Waals surface area contributed by atoms with Gasteiger partial charge in [0.2, 0.25) is 0 Å². The Balaban J connectivity index is 2.14. The van der Waals surface area contributed by atoms with Crippen molar-refractivity contribution in [2.24, 2.45) is 7.05 Å². The van der Waals surface area contributed by atoms with Crippen molar-refractivity contribution in [3.05, 3.63) is 24.2 Å². The van der Waals surface area contributed by atoms with Crippen LogP contribution >= 0.6 is 0 Å². The van der Waals surface area contributed by atoms with Crippen LogP contribution in [-0.2, 0) is 23.6 Å². The quantitative estimate of drug-likeness (QED) is 0.754. The van der Waals surface area contributed by atoms with E-state index in [1.807, 2.05) is 0 Å². The van der Waals surface area contributed by atoms with Crippen LogP contribution in [0.2, 0.25) is 0 Å². The molecule has 2 rings (SSSR count). The van der Waals surface area contributed by atoms with Gasteiger partial charge in [0.25, 0.3) is 10.0 Å². The molecule has 0 atom stereocenters. The molecule has 8 nitrogen and oxygen atoms in total. The molecule has 0 aliphatic rings. The minimum Gasteiger partial charge on any atom is -0.337 e. The van der Waals surface area contributed by atoms with Gasteiger partial charge in [0.15, 0.2) is 5.03 Å². The van der Waals surface area contributed by atoms with Crippen LogP contribution in [0.5, 0.6) is 0 Å². The molecule has 0 aliphatic carbocycles. The minimum absolute atomic E-state index is 0.00276. The van der Waals surface area contributed by atoms with Gasteiger partial charge in [0.05, 0.1) is 6.54 Å². The summed E-state index contributed by atoms with van der Waals surface area (Å²) in [6.45, 7) is 1.79. The van der Waals surface area contributed by atoms with Crippen LogP contribution in [0, 0.1) is 6.92 Å². The molecule has 0 aromatic carbocycles. The van der Waals surface area contributed by atoms with Crippen molar-refractivity contribution in [3.8, 4) is 0 Å². The number of nitrogens with zero attached hydrogens (tertiary/aromatic N) is 4. The molecule has 92 valence electrons. The van der Waals surface area contributed by atoms with E-state index in [-0.39, 0.29) is 11.6 Å². The Morgan fingerprint density at radius 1 is 1.53 bits per heavy atom. The highest BCUT2D eigenvalue weighted by Crippen LogP contribution is 2.07. The highest BCUT2D eigenvalue weighted by atomic mass is 32.2. The van der Waals surface area contributed by atoms with Gasteiger partial charge in [-0.05, 0) is 6.92 Å². The van der Waals surface area contributed by atoms with Crippen LogP contribution in [0.1, 0.15) is 11.6 Å². The Hall–Kier alpha value is -1.74. The standard InChI is InChI=1S/C8H12N6O2S/c1-6-12-8(4-14(6)2)17(15,16)11-3-7-9-5-10-13-7/h4-5,11H,3H2,1-2H3,(H,9,10,13). The zero-order valence-electron chi connectivity index (χ0n) is 9.38. The van der Waals surface area contributed by atoms with Crippen molar-refractivity contribution in [1.29, 1.82) is 0 Å². The summed E-state index contributed by atoms with van der Waals surface area (Å²) in [4.78, 5) is 7.76. The Labute approximate surface area is 98.1 Å². The summed E-state index contributed by atoms with van der Waals surface area (Å²) >= 11 is 0. The molecule has 0 saturated heterocycles. The number of hydrogen-bond acceptors (Lipinski definition) is 5. The molecule has 2 aromatic heterocycles. The van der Waals surface area contributed by atoms with Gasteiger partial charge in [0, 0.05) is 13.2 Å². The van der Waals surface area contributed by atoms with Gasteiger partial charge in [-0.1, -0.05) is 0 Å². The number of aromatic nitrogens is 5. The summed E-state index contributed by atoms with van der Waals surface area (Å²) < 4.78 is 27.7. The second kappa shape index (κ2) is 4.26. The Morgan fingerprint density at radius 3 is 2.82 bits per heavy atom. The normalized spacial score (nSPS) is 11.9. The second-order valence-electron chi connectivity index (χ2n) is 3.49. The van der Waals surface area contributed by atoms with Crippen LogP contribution in [0.25, 0.3) is 0 Å². The van der Waals surface area contributed by atoms with Crippen LogP contribution in [0.4, 0.5) is 0 Å². The van der Waals surface area contributed by atoms with Crippen LogP contribution in [0.15, 0.2) is 17.6 Å². The lowest BCUT2D eigenvalue weighted by atomic mass is 10.6. The van der Waals surface area contributed by atoms with Gasteiger partial charge in [-0.2, -0.15) is 5.10 Å². The number of nitrogens with one attached hydrogen (secondary N) is 2. The molecule has 2 aromatic rings. The van der Waals surface area contributed by atoms with Crippen LogP contribution in [-0.4, -0.2) is 33.2 Å². The van der Waals surface area contributed by atoms with Gasteiger partial charge in [-0.3, -0.25) is 5.10 Å². The third-order valence-corrected chi connectivity index (χ3v) is 3.53. The molecule has 0 fully saturated rings. The summed E-state index contributed by atoms with van der Waals surface area (Å²) in [5.41, 5.74) is 0. The molecule has 17 heavy (non-hydrogen) atoms. The Morgan fingerprint density at radius 2 is 2.29 bits per heavy atom. The fourth-order valence-electron chi connectivity index (χ4n) is 1.21. The van der Waals surface area contributed by atoms with E-state index in [1.54, 1.807) is 18.5 Å².